The number of carbonyl (C=O) groups is 2. The van der Waals surface area contributed by atoms with Crippen molar-refractivity contribution in [2.45, 2.75) is 71.3 Å². The Kier molecular flexibility index (Phi) is 11.6. The molecular formula is C22H34O4. The molecule has 1 aliphatic rings. The quantitative estimate of drug-likeness (QED) is 0.297. The third-order valence-corrected chi connectivity index (χ3v) is 4.59. The predicted octanol–water partition coefficient (Wildman–Crippen LogP) is 4.53. The third kappa shape index (κ3) is 9.14. The maximum absolute atomic E-state index is 12.0. The zero-order chi connectivity index (χ0) is 19.2. The molecule has 1 aliphatic carbocycles. The molecule has 0 radical (unpaired) electrons. The maximum atomic E-state index is 12.0. The Morgan fingerprint density at radius 1 is 1.27 bits per heavy atom. The van der Waals surface area contributed by atoms with Crippen LogP contribution in [-0.4, -0.2) is 29.6 Å². The summed E-state index contributed by atoms with van der Waals surface area (Å²) in [4.78, 5) is 23.3. The van der Waals surface area contributed by atoms with E-state index >= 15 is 0 Å². The number of aliphatic hydroxyl groups is 1. The van der Waals surface area contributed by atoms with Gasteiger partial charge < -0.3 is 9.84 Å². The van der Waals surface area contributed by atoms with Gasteiger partial charge in [0.1, 0.15) is 0 Å². The van der Waals surface area contributed by atoms with Crippen molar-refractivity contribution < 1.29 is 19.4 Å². The number of hydrogen-bond acceptors (Lipinski definition) is 4. The summed E-state index contributed by atoms with van der Waals surface area (Å²) in [5, 5.41) is 10.00. The molecule has 0 saturated carbocycles. The van der Waals surface area contributed by atoms with Crippen LogP contribution in [-0.2, 0) is 14.3 Å². The number of unbranched alkanes of at least 4 members (excludes halogenated alkanes) is 3. The van der Waals surface area contributed by atoms with E-state index in [1.807, 2.05) is 30.4 Å². The second kappa shape index (κ2) is 13.5. The largest absolute Gasteiger partial charge is 0.466 e. The van der Waals surface area contributed by atoms with Crippen molar-refractivity contribution in [2.24, 2.45) is 11.8 Å². The summed E-state index contributed by atoms with van der Waals surface area (Å²) < 4.78 is 4.89. The second-order valence-electron chi connectivity index (χ2n) is 6.80. The highest BCUT2D eigenvalue weighted by Gasteiger charge is 2.27. The van der Waals surface area contributed by atoms with E-state index in [9.17, 15) is 14.7 Å². The van der Waals surface area contributed by atoms with Gasteiger partial charge in [0.2, 0.25) is 0 Å². The molecule has 3 atom stereocenters. The fraction of sp³-hybridized carbons (Fsp3) is 0.636. The van der Waals surface area contributed by atoms with Crippen molar-refractivity contribution in [2.75, 3.05) is 6.61 Å². The molecule has 0 aromatic heterocycles. The Bertz CT molecular complexity index is 504. The smallest absolute Gasteiger partial charge is 0.305 e. The standard InChI is InChI=1S/C22H34O4/c1-3-5-8-11-19(23)16-14-18-15-17-21(24)20(18)12-9-6-7-10-13-22(25)26-4-2/h6,9,14-20,23H,3-5,7-8,10-13H2,1-2H3/b9-6-,16-14+/t18-,19-,20+/m0/s1. The topological polar surface area (TPSA) is 63.6 Å². The molecule has 0 spiro atoms. The van der Waals surface area contributed by atoms with E-state index < -0.39 is 6.10 Å². The average molecular weight is 363 g/mol. The van der Waals surface area contributed by atoms with Gasteiger partial charge in [-0.2, -0.15) is 0 Å². The van der Waals surface area contributed by atoms with Crippen LogP contribution in [0.15, 0.2) is 36.5 Å². The van der Waals surface area contributed by atoms with Crippen molar-refractivity contribution in [3.8, 4) is 0 Å². The molecule has 0 aromatic carbocycles. The van der Waals surface area contributed by atoms with Crippen LogP contribution in [0, 0.1) is 11.8 Å². The molecule has 26 heavy (non-hydrogen) atoms. The van der Waals surface area contributed by atoms with Gasteiger partial charge in [-0.05, 0) is 38.7 Å². The van der Waals surface area contributed by atoms with Crippen molar-refractivity contribution >= 4 is 11.8 Å². The first-order valence-electron chi connectivity index (χ1n) is 9.97. The van der Waals surface area contributed by atoms with Gasteiger partial charge in [-0.25, -0.2) is 0 Å². The third-order valence-electron chi connectivity index (χ3n) is 4.59. The molecule has 4 nitrogen and oxygen atoms in total. The molecule has 0 unspecified atom stereocenters. The number of ketones is 1. The molecule has 1 N–H and O–H groups in total. The molecule has 0 amide bonds. The number of allylic oxidation sites excluding steroid dienone is 5. The molecule has 146 valence electrons. The average Bonchev–Trinajstić information content (AvgIpc) is 2.96. The lowest BCUT2D eigenvalue weighted by molar-refractivity contribution is -0.143. The number of hydrogen-bond donors (Lipinski definition) is 1. The van der Waals surface area contributed by atoms with Crippen molar-refractivity contribution in [1.29, 1.82) is 0 Å². The Labute approximate surface area is 158 Å². The van der Waals surface area contributed by atoms with Gasteiger partial charge in [-0.3, -0.25) is 9.59 Å². The van der Waals surface area contributed by atoms with E-state index in [1.54, 1.807) is 13.0 Å². The van der Waals surface area contributed by atoms with Crippen LogP contribution < -0.4 is 0 Å². The Morgan fingerprint density at radius 2 is 2.08 bits per heavy atom. The zero-order valence-corrected chi connectivity index (χ0v) is 16.2. The van der Waals surface area contributed by atoms with Gasteiger partial charge in [-0.15, -0.1) is 0 Å². The summed E-state index contributed by atoms with van der Waals surface area (Å²) in [6.45, 7) is 4.37. The van der Waals surface area contributed by atoms with Crippen LogP contribution >= 0.6 is 0 Å². The lowest BCUT2D eigenvalue weighted by Crippen LogP contribution is -2.14. The van der Waals surface area contributed by atoms with Crippen LogP contribution in [0.3, 0.4) is 0 Å². The van der Waals surface area contributed by atoms with E-state index in [2.05, 4.69) is 6.92 Å². The van der Waals surface area contributed by atoms with Crippen molar-refractivity contribution in [3.63, 3.8) is 0 Å². The van der Waals surface area contributed by atoms with E-state index in [0.717, 1.165) is 38.5 Å². The van der Waals surface area contributed by atoms with Crippen LogP contribution in [0.25, 0.3) is 0 Å². The second-order valence-corrected chi connectivity index (χ2v) is 6.80. The van der Waals surface area contributed by atoms with Gasteiger partial charge in [-0.1, -0.05) is 56.6 Å². The molecule has 0 fully saturated rings. The summed E-state index contributed by atoms with van der Waals surface area (Å²) in [5.74, 6) is -0.0158. The summed E-state index contributed by atoms with van der Waals surface area (Å²) in [5.41, 5.74) is 0. The number of aliphatic hydroxyl groups excluding tert-OH is 1. The first kappa shape index (κ1) is 22.4. The SMILES string of the molecule is CCCCC[C@H](O)/C=C/[C@H]1C=CC(=O)[C@@H]1C/C=C\CCCC(=O)OCC. The molecule has 4 heteroatoms. The van der Waals surface area contributed by atoms with Crippen molar-refractivity contribution in [1.82, 2.24) is 0 Å². The van der Waals surface area contributed by atoms with E-state index in [0.29, 0.717) is 19.4 Å². The van der Waals surface area contributed by atoms with Crippen LogP contribution in [0.2, 0.25) is 0 Å². The first-order valence-corrected chi connectivity index (χ1v) is 9.97. The first-order chi connectivity index (χ1) is 12.6. The summed E-state index contributed by atoms with van der Waals surface area (Å²) >= 11 is 0. The van der Waals surface area contributed by atoms with Gasteiger partial charge in [0.05, 0.1) is 12.7 Å². The highest BCUT2D eigenvalue weighted by Crippen LogP contribution is 2.27. The van der Waals surface area contributed by atoms with Gasteiger partial charge >= 0.3 is 5.97 Å². The highest BCUT2D eigenvalue weighted by molar-refractivity contribution is 5.95. The molecule has 0 bridgehead atoms. The predicted molar refractivity (Wildman–Crippen MR) is 105 cm³/mol. The van der Waals surface area contributed by atoms with Crippen molar-refractivity contribution in [3.05, 3.63) is 36.5 Å². The zero-order valence-electron chi connectivity index (χ0n) is 16.2. The lowest BCUT2D eigenvalue weighted by Gasteiger charge is -2.13. The number of rotatable bonds is 13. The minimum Gasteiger partial charge on any atom is -0.466 e. The van der Waals surface area contributed by atoms with Gasteiger partial charge in [0.25, 0.3) is 0 Å². The monoisotopic (exact) mass is 362 g/mol. The van der Waals surface area contributed by atoms with E-state index in [-0.39, 0.29) is 23.6 Å². The minimum absolute atomic E-state index is 0.0625. The van der Waals surface area contributed by atoms with Crippen LogP contribution in [0.4, 0.5) is 0 Å². The van der Waals surface area contributed by atoms with Gasteiger partial charge in [0.15, 0.2) is 5.78 Å². The molecule has 0 heterocycles. The Morgan fingerprint density at radius 3 is 2.81 bits per heavy atom. The molecule has 0 aliphatic heterocycles. The molecule has 0 saturated heterocycles. The number of ether oxygens (including phenoxy) is 1. The summed E-state index contributed by atoms with van der Waals surface area (Å²) in [7, 11) is 0. The normalized spacial score (nSPS) is 21.1. The van der Waals surface area contributed by atoms with E-state index in [4.69, 9.17) is 4.74 Å². The lowest BCUT2D eigenvalue weighted by atomic mass is 9.90. The summed E-state index contributed by atoms with van der Waals surface area (Å²) in [6, 6.07) is 0. The minimum atomic E-state index is -0.426. The fourth-order valence-electron chi connectivity index (χ4n) is 3.04. The molecule has 1 rings (SSSR count). The van der Waals surface area contributed by atoms with Gasteiger partial charge in [0, 0.05) is 18.3 Å². The van der Waals surface area contributed by atoms with E-state index in [1.165, 1.54) is 0 Å². The number of carbonyl (C=O) groups excluding carboxylic acids is 2. The maximum Gasteiger partial charge on any atom is 0.305 e. The Balaban J connectivity index is 2.34. The highest BCUT2D eigenvalue weighted by atomic mass is 16.5. The number of esters is 1. The summed E-state index contributed by atoms with van der Waals surface area (Å²) in [6.07, 6.45) is 17.8. The van der Waals surface area contributed by atoms with Crippen LogP contribution in [0.1, 0.15) is 65.2 Å². The Hall–Kier alpha value is -1.68. The fourth-order valence-corrected chi connectivity index (χ4v) is 3.04. The molecule has 0 aromatic rings. The molecular weight excluding hydrogens is 328 g/mol. The van der Waals surface area contributed by atoms with Crippen LogP contribution in [0.5, 0.6) is 0 Å².